The van der Waals surface area contributed by atoms with Crippen molar-refractivity contribution >= 4 is 29.3 Å². The number of imide groups is 2. The van der Waals surface area contributed by atoms with Crippen molar-refractivity contribution in [2.75, 3.05) is 32.0 Å². The molecule has 0 bridgehead atoms. The van der Waals surface area contributed by atoms with E-state index in [1.54, 1.807) is 18.2 Å². The highest BCUT2D eigenvalue weighted by molar-refractivity contribution is 6.25. The van der Waals surface area contributed by atoms with Crippen LogP contribution in [0.2, 0.25) is 0 Å². The van der Waals surface area contributed by atoms with Crippen LogP contribution in [0.4, 0.5) is 5.69 Å². The second kappa shape index (κ2) is 8.18. The first-order valence-electron chi connectivity index (χ1n) is 10.6. The molecule has 0 aliphatic carbocycles. The monoisotopic (exact) mass is 412 g/mol. The number of hydrogen-bond donors (Lipinski definition) is 2. The van der Waals surface area contributed by atoms with E-state index in [0.29, 0.717) is 35.2 Å². The number of amides is 4. The van der Waals surface area contributed by atoms with Crippen molar-refractivity contribution in [3.05, 3.63) is 29.3 Å². The van der Waals surface area contributed by atoms with Gasteiger partial charge in [0, 0.05) is 18.7 Å². The Morgan fingerprint density at radius 2 is 1.83 bits per heavy atom. The SMILES string of the molecule is C[C@H](CNc1cccc2c1C(=O)N(C1CCC(=O)NC1=O)C2=O)C1CCN(C)CC1. The van der Waals surface area contributed by atoms with E-state index in [1.165, 1.54) is 0 Å². The maximum Gasteiger partial charge on any atom is 0.264 e. The Hall–Kier alpha value is -2.74. The van der Waals surface area contributed by atoms with Gasteiger partial charge in [0.05, 0.1) is 11.1 Å². The number of carbonyl (C=O) groups excluding carboxylic acids is 4. The van der Waals surface area contributed by atoms with Gasteiger partial charge in [-0.05, 0) is 63.4 Å². The van der Waals surface area contributed by atoms with Crippen LogP contribution in [0.15, 0.2) is 18.2 Å². The van der Waals surface area contributed by atoms with Crippen LogP contribution in [0.5, 0.6) is 0 Å². The lowest BCUT2D eigenvalue weighted by Crippen LogP contribution is -2.54. The highest BCUT2D eigenvalue weighted by atomic mass is 16.2. The van der Waals surface area contributed by atoms with Gasteiger partial charge >= 0.3 is 0 Å². The van der Waals surface area contributed by atoms with Gasteiger partial charge in [0.2, 0.25) is 11.8 Å². The van der Waals surface area contributed by atoms with Gasteiger partial charge < -0.3 is 10.2 Å². The van der Waals surface area contributed by atoms with Crippen LogP contribution in [0.25, 0.3) is 0 Å². The van der Waals surface area contributed by atoms with Crippen molar-refractivity contribution in [2.45, 2.75) is 38.6 Å². The number of benzene rings is 1. The lowest BCUT2D eigenvalue weighted by atomic mass is 9.85. The third-order valence-corrected chi connectivity index (χ3v) is 6.65. The molecule has 2 saturated heterocycles. The molecule has 8 nitrogen and oxygen atoms in total. The predicted molar refractivity (Wildman–Crippen MR) is 111 cm³/mol. The normalized spacial score (nSPS) is 24.1. The average molecular weight is 412 g/mol. The van der Waals surface area contributed by atoms with Gasteiger partial charge in [-0.2, -0.15) is 0 Å². The Kier molecular flexibility index (Phi) is 5.60. The molecule has 0 spiro atoms. The molecule has 160 valence electrons. The van der Waals surface area contributed by atoms with E-state index >= 15 is 0 Å². The summed E-state index contributed by atoms with van der Waals surface area (Å²) < 4.78 is 0. The van der Waals surface area contributed by atoms with Crippen molar-refractivity contribution < 1.29 is 19.2 Å². The minimum absolute atomic E-state index is 0.114. The zero-order chi connectivity index (χ0) is 21.4. The largest absolute Gasteiger partial charge is 0.384 e. The van der Waals surface area contributed by atoms with Gasteiger partial charge in [-0.25, -0.2) is 0 Å². The number of nitrogens with one attached hydrogen (secondary N) is 2. The van der Waals surface area contributed by atoms with E-state index in [9.17, 15) is 19.2 Å². The minimum Gasteiger partial charge on any atom is -0.384 e. The molecule has 3 aliphatic heterocycles. The van der Waals surface area contributed by atoms with Crippen LogP contribution >= 0.6 is 0 Å². The summed E-state index contributed by atoms with van der Waals surface area (Å²) >= 11 is 0. The fourth-order valence-corrected chi connectivity index (χ4v) is 4.70. The fourth-order valence-electron chi connectivity index (χ4n) is 4.70. The molecular weight excluding hydrogens is 384 g/mol. The Morgan fingerprint density at radius 3 is 2.53 bits per heavy atom. The maximum atomic E-state index is 13.1. The van der Waals surface area contributed by atoms with Gasteiger partial charge in [-0.1, -0.05) is 13.0 Å². The number of anilines is 1. The van der Waals surface area contributed by atoms with Gasteiger partial charge in [-0.3, -0.25) is 29.4 Å². The molecule has 1 aromatic rings. The summed E-state index contributed by atoms with van der Waals surface area (Å²) in [7, 11) is 2.14. The molecule has 0 aromatic heterocycles. The van der Waals surface area contributed by atoms with Crippen LogP contribution in [0.1, 0.15) is 53.3 Å². The first-order valence-corrected chi connectivity index (χ1v) is 10.6. The van der Waals surface area contributed by atoms with Crippen LogP contribution < -0.4 is 10.6 Å². The van der Waals surface area contributed by atoms with E-state index < -0.39 is 23.8 Å². The molecule has 30 heavy (non-hydrogen) atoms. The number of piperidine rings is 2. The van der Waals surface area contributed by atoms with E-state index in [-0.39, 0.29) is 18.7 Å². The van der Waals surface area contributed by atoms with Crippen molar-refractivity contribution in [1.82, 2.24) is 15.1 Å². The standard InChI is InChI=1S/C22H28N4O4/c1-13(14-8-10-25(2)11-9-14)12-23-16-5-3-4-15-19(16)22(30)26(21(15)29)17-6-7-18(27)24-20(17)28/h3-5,13-14,17,23H,6-12H2,1-2H3,(H,24,27,28)/t13-,17?/m1/s1. The van der Waals surface area contributed by atoms with Crippen molar-refractivity contribution in [1.29, 1.82) is 0 Å². The zero-order valence-corrected chi connectivity index (χ0v) is 17.4. The van der Waals surface area contributed by atoms with Crippen LogP contribution in [0.3, 0.4) is 0 Å². The summed E-state index contributed by atoms with van der Waals surface area (Å²) in [5, 5.41) is 5.60. The first-order chi connectivity index (χ1) is 14.4. The molecule has 4 amide bonds. The summed E-state index contributed by atoms with van der Waals surface area (Å²) in [4.78, 5) is 53.1. The van der Waals surface area contributed by atoms with Gasteiger partial charge in [0.25, 0.3) is 11.8 Å². The molecule has 1 unspecified atom stereocenters. The van der Waals surface area contributed by atoms with Gasteiger partial charge in [0.1, 0.15) is 6.04 Å². The molecular formula is C22H28N4O4. The number of hydrogen-bond acceptors (Lipinski definition) is 6. The molecule has 0 radical (unpaired) electrons. The second-order valence-electron chi connectivity index (χ2n) is 8.67. The second-order valence-corrected chi connectivity index (χ2v) is 8.67. The smallest absolute Gasteiger partial charge is 0.264 e. The van der Waals surface area contributed by atoms with Crippen molar-refractivity contribution in [2.24, 2.45) is 11.8 Å². The van der Waals surface area contributed by atoms with Gasteiger partial charge in [-0.15, -0.1) is 0 Å². The number of rotatable bonds is 5. The zero-order valence-electron chi connectivity index (χ0n) is 17.4. The van der Waals surface area contributed by atoms with E-state index in [0.717, 1.165) is 30.8 Å². The quantitative estimate of drug-likeness (QED) is 0.711. The maximum absolute atomic E-state index is 13.1. The average Bonchev–Trinajstić information content (AvgIpc) is 2.98. The summed E-state index contributed by atoms with van der Waals surface area (Å²) in [6, 6.07) is 4.23. The lowest BCUT2D eigenvalue weighted by molar-refractivity contribution is -0.136. The number of carbonyl (C=O) groups is 4. The van der Waals surface area contributed by atoms with Crippen molar-refractivity contribution in [3.63, 3.8) is 0 Å². The van der Waals surface area contributed by atoms with E-state index in [2.05, 4.69) is 29.5 Å². The Balaban J connectivity index is 1.49. The molecule has 0 saturated carbocycles. The topological polar surface area (TPSA) is 98.8 Å². The van der Waals surface area contributed by atoms with Crippen LogP contribution in [-0.2, 0) is 9.59 Å². The van der Waals surface area contributed by atoms with Crippen LogP contribution in [-0.4, -0.2) is 66.2 Å². The highest BCUT2D eigenvalue weighted by Crippen LogP contribution is 2.33. The minimum atomic E-state index is -0.943. The Morgan fingerprint density at radius 1 is 1.10 bits per heavy atom. The molecule has 1 aromatic carbocycles. The number of nitrogens with zero attached hydrogens (tertiary/aromatic N) is 2. The Labute approximate surface area is 176 Å². The summed E-state index contributed by atoms with van der Waals surface area (Å²) in [5.74, 6) is -0.851. The third kappa shape index (κ3) is 3.71. The predicted octanol–water partition coefficient (Wildman–Crippen LogP) is 1.48. The van der Waals surface area contributed by atoms with E-state index in [1.807, 2.05) is 0 Å². The van der Waals surface area contributed by atoms with Crippen LogP contribution in [0, 0.1) is 11.8 Å². The molecule has 2 atom stereocenters. The number of likely N-dealkylation sites (tertiary alicyclic amines) is 1. The lowest BCUT2D eigenvalue weighted by Gasteiger charge is -2.33. The molecule has 4 rings (SSSR count). The third-order valence-electron chi connectivity index (χ3n) is 6.65. The van der Waals surface area contributed by atoms with Crippen molar-refractivity contribution in [3.8, 4) is 0 Å². The Bertz CT molecular complexity index is 891. The molecule has 3 aliphatic rings. The molecule has 3 heterocycles. The highest BCUT2D eigenvalue weighted by Gasteiger charge is 2.45. The molecule has 8 heteroatoms. The summed E-state index contributed by atoms with van der Waals surface area (Å²) in [6.45, 7) is 5.13. The van der Waals surface area contributed by atoms with Gasteiger partial charge in [0.15, 0.2) is 0 Å². The summed E-state index contributed by atoms with van der Waals surface area (Å²) in [6.07, 6.45) is 2.59. The molecule has 2 fully saturated rings. The number of fused-ring (bicyclic) bond motifs is 1. The first kappa shape index (κ1) is 20.5. The van der Waals surface area contributed by atoms with E-state index in [4.69, 9.17) is 0 Å². The summed E-state index contributed by atoms with van der Waals surface area (Å²) in [5.41, 5.74) is 1.25. The fraction of sp³-hybridized carbons (Fsp3) is 0.545. The molecule has 2 N–H and O–H groups in total.